The molecule has 1 N–H and O–H groups in total. The zero-order valence-corrected chi connectivity index (χ0v) is 14.9. The lowest BCUT2D eigenvalue weighted by molar-refractivity contribution is -0.146. The number of carboxylic acid groups (broad SMARTS) is 1. The van der Waals surface area contributed by atoms with Gasteiger partial charge in [-0.2, -0.15) is 0 Å². The van der Waals surface area contributed by atoms with E-state index in [1.807, 2.05) is 0 Å². The first-order valence-electron chi connectivity index (χ1n) is 9.44. The van der Waals surface area contributed by atoms with Crippen LogP contribution in [0.25, 0.3) is 0 Å². The summed E-state index contributed by atoms with van der Waals surface area (Å²) in [7, 11) is 0. The summed E-state index contributed by atoms with van der Waals surface area (Å²) < 4.78 is 5.37. The number of hydrogen-bond donors (Lipinski definition) is 1. The van der Waals surface area contributed by atoms with Gasteiger partial charge in [0.15, 0.2) is 0 Å². The first-order valence-corrected chi connectivity index (χ1v) is 9.44. The van der Waals surface area contributed by atoms with Gasteiger partial charge in [0.25, 0.3) is 0 Å². The SMILES string of the molecule is CCCCCC(=O)OCC1CCC(=O)C1CCCCCCC(=O)O. The lowest BCUT2D eigenvalue weighted by atomic mass is 9.90. The van der Waals surface area contributed by atoms with Crippen LogP contribution in [0.1, 0.15) is 84.0 Å². The molecular weight excluding hydrogens is 308 g/mol. The molecule has 0 spiro atoms. The Morgan fingerprint density at radius 2 is 1.79 bits per heavy atom. The number of carbonyl (C=O) groups excluding carboxylic acids is 2. The van der Waals surface area contributed by atoms with Crippen LogP contribution in [0.2, 0.25) is 0 Å². The summed E-state index contributed by atoms with van der Waals surface area (Å²) in [5.41, 5.74) is 0. The fraction of sp³-hybridized carbons (Fsp3) is 0.842. The first-order chi connectivity index (χ1) is 11.5. The van der Waals surface area contributed by atoms with Crippen molar-refractivity contribution in [3.63, 3.8) is 0 Å². The van der Waals surface area contributed by atoms with Gasteiger partial charge in [-0.05, 0) is 25.7 Å². The number of ether oxygens (including phenoxy) is 1. The van der Waals surface area contributed by atoms with Gasteiger partial charge in [0.1, 0.15) is 5.78 Å². The molecule has 0 saturated heterocycles. The molecule has 2 unspecified atom stereocenters. The van der Waals surface area contributed by atoms with E-state index < -0.39 is 5.97 Å². The number of ketones is 1. The molecule has 2 atom stereocenters. The third-order valence-electron chi connectivity index (χ3n) is 4.84. The van der Waals surface area contributed by atoms with Crippen molar-refractivity contribution in [2.24, 2.45) is 11.8 Å². The van der Waals surface area contributed by atoms with Crippen molar-refractivity contribution in [3.8, 4) is 0 Å². The summed E-state index contributed by atoms with van der Waals surface area (Å²) in [6.45, 7) is 2.47. The van der Waals surface area contributed by atoms with E-state index >= 15 is 0 Å². The van der Waals surface area contributed by atoms with Gasteiger partial charge in [-0.1, -0.05) is 39.0 Å². The highest BCUT2D eigenvalue weighted by atomic mass is 16.5. The Labute approximate surface area is 145 Å². The van der Waals surface area contributed by atoms with Crippen LogP contribution < -0.4 is 0 Å². The number of rotatable bonds is 13. The molecule has 0 bridgehead atoms. The van der Waals surface area contributed by atoms with Crippen molar-refractivity contribution in [1.82, 2.24) is 0 Å². The highest BCUT2D eigenvalue weighted by Gasteiger charge is 2.34. The number of unbranched alkanes of at least 4 members (excludes halogenated alkanes) is 5. The molecule has 0 amide bonds. The molecule has 1 aliphatic carbocycles. The Morgan fingerprint density at radius 1 is 1.08 bits per heavy atom. The Kier molecular flexibility index (Phi) is 10.4. The first kappa shape index (κ1) is 20.7. The van der Waals surface area contributed by atoms with Crippen LogP contribution in [0.4, 0.5) is 0 Å². The lowest BCUT2D eigenvalue weighted by Gasteiger charge is -2.18. The van der Waals surface area contributed by atoms with Crippen molar-refractivity contribution in [1.29, 1.82) is 0 Å². The highest BCUT2D eigenvalue weighted by Crippen LogP contribution is 2.33. The zero-order chi connectivity index (χ0) is 17.8. The maximum Gasteiger partial charge on any atom is 0.305 e. The molecule has 1 saturated carbocycles. The lowest BCUT2D eigenvalue weighted by Crippen LogP contribution is -2.21. The summed E-state index contributed by atoms with van der Waals surface area (Å²) in [5, 5.41) is 8.60. The van der Waals surface area contributed by atoms with E-state index in [0.29, 0.717) is 31.7 Å². The normalized spacial score (nSPS) is 20.3. The van der Waals surface area contributed by atoms with Crippen LogP contribution in [0.5, 0.6) is 0 Å². The van der Waals surface area contributed by atoms with E-state index in [1.54, 1.807) is 0 Å². The second kappa shape index (κ2) is 12.0. The Balaban J connectivity index is 2.20. The average Bonchev–Trinajstić information content (AvgIpc) is 2.89. The summed E-state index contributed by atoms with van der Waals surface area (Å²) in [5.74, 6) is -0.399. The average molecular weight is 340 g/mol. The molecule has 5 nitrogen and oxygen atoms in total. The topological polar surface area (TPSA) is 80.7 Å². The van der Waals surface area contributed by atoms with E-state index in [-0.39, 0.29) is 24.2 Å². The molecule has 24 heavy (non-hydrogen) atoms. The molecular formula is C19H32O5. The minimum Gasteiger partial charge on any atom is -0.481 e. The van der Waals surface area contributed by atoms with Crippen LogP contribution in [-0.4, -0.2) is 29.4 Å². The van der Waals surface area contributed by atoms with E-state index in [1.165, 1.54) is 0 Å². The van der Waals surface area contributed by atoms with Gasteiger partial charge in [-0.25, -0.2) is 0 Å². The molecule has 0 aromatic carbocycles. The number of Topliss-reactive ketones (excluding diaryl/α,β-unsaturated/α-hetero) is 1. The smallest absolute Gasteiger partial charge is 0.305 e. The number of esters is 1. The van der Waals surface area contributed by atoms with Crippen molar-refractivity contribution in [2.75, 3.05) is 6.61 Å². The Hall–Kier alpha value is -1.39. The highest BCUT2D eigenvalue weighted by molar-refractivity contribution is 5.83. The van der Waals surface area contributed by atoms with Crippen LogP contribution in [0, 0.1) is 11.8 Å². The standard InChI is InChI=1S/C19H32O5/c1-2-3-6-11-19(23)24-14-15-12-13-17(20)16(15)9-7-4-5-8-10-18(21)22/h15-16H,2-14H2,1H3,(H,21,22). The fourth-order valence-corrected chi connectivity index (χ4v) is 3.36. The molecule has 1 rings (SSSR count). The second-order valence-electron chi connectivity index (χ2n) is 6.86. The minimum atomic E-state index is -0.748. The number of carboxylic acids is 1. The predicted molar refractivity (Wildman–Crippen MR) is 91.7 cm³/mol. The molecule has 5 heteroatoms. The molecule has 0 aromatic rings. The molecule has 138 valence electrons. The maximum absolute atomic E-state index is 12.0. The van der Waals surface area contributed by atoms with Crippen molar-refractivity contribution in [2.45, 2.75) is 84.0 Å². The number of hydrogen-bond acceptors (Lipinski definition) is 4. The molecule has 0 aromatic heterocycles. The van der Waals surface area contributed by atoms with E-state index in [9.17, 15) is 14.4 Å². The minimum absolute atomic E-state index is 0.0212. The molecule has 0 aliphatic heterocycles. The van der Waals surface area contributed by atoms with E-state index in [2.05, 4.69) is 6.92 Å². The number of aliphatic carboxylic acids is 1. The van der Waals surface area contributed by atoms with E-state index in [0.717, 1.165) is 51.4 Å². The monoisotopic (exact) mass is 340 g/mol. The molecule has 0 radical (unpaired) electrons. The van der Waals surface area contributed by atoms with Gasteiger partial charge < -0.3 is 9.84 Å². The summed E-state index contributed by atoms with van der Waals surface area (Å²) in [4.78, 5) is 34.2. The van der Waals surface area contributed by atoms with Crippen LogP contribution in [0.15, 0.2) is 0 Å². The van der Waals surface area contributed by atoms with Crippen molar-refractivity contribution < 1.29 is 24.2 Å². The van der Waals surface area contributed by atoms with Crippen LogP contribution >= 0.6 is 0 Å². The van der Waals surface area contributed by atoms with Crippen LogP contribution in [0.3, 0.4) is 0 Å². The van der Waals surface area contributed by atoms with Gasteiger partial charge in [0, 0.05) is 31.1 Å². The molecule has 1 aliphatic rings. The van der Waals surface area contributed by atoms with Gasteiger partial charge in [-0.15, -0.1) is 0 Å². The second-order valence-corrected chi connectivity index (χ2v) is 6.86. The summed E-state index contributed by atoms with van der Waals surface area (Å²) >= 11 is 0. The maximum atomic E-state index is 12.0. The van der Waals surface area contributed by atoms with Crippen molar-refractivity contribution in [3.05, 3.63) is 0 Å². The summed E-state index contributed by atoms with van der Waals surface area (Å²) in [6.07, 6.45) is 9.45. The zero-order valence-electron chi connectivity index (χ0n) is 14.9. The van der Waals surface area contributed by atoms with Gasteiger partial charge >= 0.3 is 11.9 Å². The third kappa shape index (κ3) is 8.46. The molecule has 1 fully saturated rings. The predicted octanol–water partition coefficient (Wildman–Crippen LogP) is 4.13. The van der Waals surface area contributed by atoms with Crippen molar-refractivity contribution >= 4 is 17.7 Å². The fourth-order valence-electron chi connectivity index (χ4n) is 3.36. The summed E-state index contributed by atoms with van der Waals surface area (Å²) in [6, 6.07) is 0. The van der Waals surface area contributed by atoms with Gasteiger partial charge in [0.2, 0.25) is 0 Å². The van der Waals surface area contributed by atoms with Gasteiger partial charge in [0.05, 0.1) is 6.61 Å². The van der Waals surface area contributed by atoms with Gasteiger partial charge in [-0.3, -0.25) is 14.4 Å². The number of carbonyl (C=O) groups is 3. The molecule has 0 heterocycles. The third-order valence-corrected chi connectivity index (χ3v) is 4.84. The van der Waals surface area contributed by atoms with E-state index in [4.69, 9.17) is 9.84 Å². The quantitative estimate of drug-likeness (QED) is 0.403. The Bertz CT molecular complexity index is 405. The van der Waals surface area contributed by atoms with Crippen LogP contribution in [-0.2, 0) is 19.1 Å². The largest absolute Gasteiger partial charge is 0.481 e. The Morgan fingerprint density at radius 3 is 2.50 bits per heavy atom.